The van der Waals surface area contributed by atoms with Crippen LogP contribution in [0.5, 0.6) is 6.01 Å². The molecule has 3 aromatic heterocycles. The molecule has 1 N–H and O–H groups in total. The van der Waals surface area contributed by atoms with Gasteiger partial charge < -0.3 is 14.6 Å². The Bertz CT molecular complexity index is 1710. The summed E-state index contributed by atoms with van der Waals surface area (Å²) in [6, 6.07) is 13.5. The van der Waals surface area contributed by atoms with Crippen molar-refractivity contribution in [3.05, 3.63) is 77.2 Å². The number of carboxylic acids is 1. The van der Waals surface area contributed by atoms with E-state index in [1.54, 1.807) is 30.7 Å². The Balaban J connectivity index is 1.68. The molecular formula is C31H29ClN4O4S. The first kappa shape index (κ1) is 28.6. The summed E-state index contributed by atoms with van der Waals surface area (Å²) < 4.78 is 12.3. The van der Waals surface area contributed by atoms with Gasteiger partial charge in [0, 0.05) is 45.9 Å². The number of carbonyl (C=O) groups is 1. The van der Waals surface area contributed by atoms with Crippen molar-refractivity contribution in [3.8, 4) is 39.0 Å². The van der Waals surface area contributed by atoms with E-state index < -0.39 is 17.7 Å². The number of carboxylic acid groups (broad SMARTS) is 1. The van der Waals surface area contributed by atoms with E-state index in [1.165, 1.54) is 11.3 Å². The molecule has 0 saturated carbocycles. The number of aryl methyl sites for hydroxylation is 1. The zero-order valence-corrected chi connectivity index (χ0v) is 24.9. The molecule has 0 aliphatic rings. The van der Waals surface area contributed by atoms with Gasteiger partial charge in [0.15, 0.2) is 6.10 Å². The van der Waals surface area contributed by atoms with E-state index in [4.69, 9.17) is 26.1 Å². The first-order valence-corrected chi connectivity index (χ1v) is 14.3. The SMILES string of the molecule is CCOc1ncc(-c2cc(-c3nc4cc(C)c(C(OC(C)(C)C)C(=O)O)c(-c5ccc(Cl)cc5)c4s3)ccn2)cn1. The molecule has 210 valence electrons. The van der Waals surface area contributed by atoms with Gasteiger partial charge in [-0.3, -0.25) is 4.98 Å². The number of benzene rings is 2. The second kappa shape index (κ2) is 11.5. The molecule has 3 heterocycles. The van der Waals surface area contributed by atoms with Gasteiger partial charge in [-0.15, -0.1) is 11.3 Å². The zero-order valence-electron chi connectivity index (χ0n) is 23.3. The standard InChI is InChI=1S/C31H29ClN4O4S/c1-6-39-30-34-15-20(16-35-30)22-14-19(11-12-33-22)28-36-23-13-17(2)24(26(29(37)38)40-31(3,4)5)25(27(23)41-28)18-7-9-21(32)10-8-18/h7-16,26H,6H2,1-5H3,(H,37,38). The Morgan fingerprint density at radius 1 is 1.02 bits per heavy atom. The number of ether oxygens (including phenoxy) is 2. The van der Waals surface area contributed by atoms with Gasteiger partial charge in [-0.2, -0.15) is 0 Å². The van der Waals surface area contributed by atoms with Crippen molar-refractivity contribution in [3.63, 3.8) is 0 Å². The van der Waals surface area contributed by atoms with Gasteiger partial charge in [0.2, 0.25) is 0 Å². The second-order valence-electron chi connectivity index (χ2n) is 10.4. The number of pyridine rings is 1. The van der Waals surface area contributed by atoms with Crippen LogP contribution in [0.3, 0.4) is 0 Å². The molecule has 5 rings (SSSR count). The first-order valence-electron chi connectivity index (χ1n) is 13.1. The van der Waals surface area contributed by atoms with Crippen LogP contribution in [0.2, 0.25) is 5.02 Å². The Morgan fingerprint density at radius 2 is 1.73 bits per heavy atom. The number of rotatable bonds is 8. The number of nitrogens with zero attached hydrogens (tertiary/aromatic N) is 4. The highest BCUT2D eigenvalue weighted by atomic mass is 35.5. The van der Waals surface area contributed by atoms with E-state index in [0.29, 0.717) is 28.9 Å². The summed E-state index contributed by atoms with van der Waals surface area (Å²) in [5.41, 5.74) is 5.37. The second-order valence-corrected chi connectivity index (χ2v) is 11.9. The van der Waals surface area contributed by atoms with E-state index in [9.17, 15) is 9.90 Å². The lowest BCUT2D eigenvalue weighted by Crippen LogP contribution is -2.28. The van der Waals surface area contributed by atoms with Gasteiger partial charge in [0.05, 0.1) is 28.1 Å². The number of fused-ring (bicyclic) bond motifs is 1. The average molecular weight is 589 g/mol. The van der Waals surface area contributed by atoms with Crippen LogP contribution < -0.4 is 4.74 Å². The fraction of sp³-hybridized carbons (Fsp3) is 0.258. The smallest absolute Gasteiger partial charge is 0.337 e. The molecule has 0 fully saturated rings. The van der Waals surface area contributed by atoms with Crippen LogP contribution >= 0.6 is 22.9 Å². The highest BCUT2D eigenvalue weighted by molar-refractivity contribution is 7.22. The molecule has 0 aliphatic carbocycles. The Morgan fingerprint density at radius 3 is 2.37 bits per heavy atom. The summed E-state index contributed by atoms with van der Waals surface area (Å²) in [7, 11) is 0. The number of aromatic nitrogens is 4. The van der Waals surface area contributed by atoms with Crippen LogP contribution in [0.4, 0.5) is 0 Å². The van der Waals surface area contributed by atoms with Crippen molar-refractivity contribution in [2.24, 2.45) is 0 Å². The third-order valence-corrected chi connectivity index (χ3v) is 7.61. The van der Waals surface area contributed by atoms with Crippen LogP contribution in [-0.4, -0.2) is 43.2 Å². The van der Waals surface area contributed by atoms with Gasteiger partial charge >= 0.3 is 12.0 Å². The number of hydrogen-bond acceptors (Lipinski definition) is 8. The number of thiazole rings is 1. The molecule has 0 amide bonds. The van der Waals surface area contributed by atoms with Crippen molar-refractivity contribution in [2.75, 3.05) is 6.61 Å². The zero-order chi connectivity index (χ0) is 29.3. The third kappa shape index (κ3) is 6.22. The van der Waals surface area contributed by atoms with Crippen LogP contribution in [0.1, 0.15) is 44.9 Å². The summed E-state index contributed by atoms with van der Waals surface area (Å²) in [5.74, 6) is -1.06. The molecule has 0 spiro atoms. The predicted molar refractivity (Wildman–Crippen MR) is 161 cm³/mol. The van der Waals surface area contributed by atoms with Crippen LogP contribution in [0, 0.1) is 6.92 Å². The summed E-state index contributed by atoms with van der Waals surface area (Å²) in [4.78, 5) is 30.6. The Labute approximate surface area is 247 Å². The number of aliphatic carboxylic acids is 1. The quantitative estimate of drug-likeness (QED) is 0.196. The maximum atomic E-state index is 12.6. The van der Waals surface area contributed by atoms with Crippen molar-refractivity contribution >= 4 is 39.1 Å². The van der Waals surface area contributed by atoms with Gasteiger partial charge in [0.25, 0.3) is 0 Å². The van der Waals surface area contributed by atoms with Crippen molar-refractivity contribution < 1.29 is 19.4 Å². The maximum Gasteiger partial charge on any atom is 0.337 e. The molecule has 0 radical (unpaired) electrons. The van der Waals surface area contributed by atoms with Crippen LogP contribution in [0.25, 0.3) is 43.2 Å². The maximum absolute atomic E-state index is 12.6. The lowest BCUT2D eigenvalue weighted by Gasteiger charge is -2.28. The molecule has 0 saturated heterocycles. The fourth-order valence-corrected chi connectivity index (χ4v) is 5.78. The molecule has 10 heteroatoms. The predicted octanol–water partition coefficient (Wildman–Crippen LogP) is 7.78. The minimum atomic E-state index is -1.18. The third-order valence-electron chi connectivity index (χ3n) is 6.22. The minimum absolute atomic E-state index is 0.314. The Hall–Kier alpha value is -3.92. The number of halogens is 1. The van der Waals surface area contributed by atoms with Gasteiger partial charge in [-0.1, -0.05) is 23.7 Å². The van der Waals surface area contributed by atoms with E-state index in [2.05, 4.69) is 15.0 Å². The van der Waals surface area contributed by atoms with E-state index >= 15 is 0 Å². The van der Waals surface area contributed by atoms with Crippen LogP contribution in [-0.2, 0) is 9.53 Å². The summed E-state index contributed by atoms with van der Waals surface area (Å²) >= 11 is 7.70. The van der Waals surface area contributed by atoms with Gasteiger partial charge in [-0.25, -0.2) is 19.7 Å². The molecule has 1 unspecified atom stereocenters. The van der Waals surface area contributed by atoms with E-state index in [-0.39, 0.29) is 0 Å². The first-order chi connectivity index (χ1) is 19.5. The average Bonchev–Trinajstić information content (AvgIpc) is 3.35. The normalized spacial score (nSPS) is 12.4. The van der Waals surface area contributed by atoms with E-state index in [1.807, 2.05) is 65.0 Å². The highest BCUT2D eigenvalue weighted by Crippen LogP contribution is 2.44. The lowest BCUT2D eigenvalue weighted by molar-refractivity contribution is -0.160. The highest BCUT2D eigenvalue weighted by Gasteiger charge is 2.32. The molecular weight excluding hydrogens is 560 g/mol. The molecule has 0 aliphatic heterocycles. The molecule has 41 heavy (non-hydrogen) atoms. The molecule has 1 atom stereocenters. The topological polar surface area (TPSA) is 107 Å². The van der Waals surface area contributed by atoms with Gasteiger partial charge in [-0.05, 0) is 76.1 Å². The van der Waals surface area contributed by atoms with Crippen LogP contribution in [0.15, 0.2) is 61.1 Å². The van der Waals surface area contributed by atoms with Crippen molar-refractivity contribution in [1.82, 2.24) is 19.9 Å². The largest absolute Gasteiger partial charge is 0.479 e. The summed E-state index contributed by atoms with van der Waals surface area (Å²) in [6.07, 6.45) is 3.90. The number of hydrogen-bond donors (Lipinski definition) is 1. The molecule has 8 nitrogen and oxygen atoms in total. The Kier molecular flexibility index (Phi) is 8.04. The van der Waals surface area contributed by atoms with Gasteiger partial charge in [0.1, 0.15) is 5.01 Å². The van der Waals surface area contributed by atoms with Crippen molar-refractivity contribution in [2.45, 2.75) is 46.3 Å². The summed E-state index contributed by atoms with van der Waals surface area (Å²) in [6.45, 7) is 9.80. The fourth-order valence-electron chi connectivity index (χ4n) is 4.54. The lowest BCUT2D eigenvalue weighted by atomic mass is 9.91. The molecule has 0 bridgehead atoms. The minimum Gasteiger partial charge on any atom is -0.479 e. The molecule has 5 aromatic rings. The van der Waals surface area contributed by atoms with Crippen molar-refractivity contribution in [1.29, 1.82) is 0 Å². The summed E-state index contributed by atoms with van der Waals surface area (Å²) in [5, 5.41) is 11.6. The monoisotopic (exact) mass is 588 g/mol. The molecule has 2 aromatic carbocycles. The van der Waals surface area contributed by atoms with E-state index in [0.717, 1.165) is 43.0 Å².